The van der Waals surface area contributed by atoms with Gasteiger partial charge in [0.2, 0.25) is 0 Å². The molecule has 0 radical (unpaired) electrons. The molecule has 0 bridgehead atoms. The summed E-state index contributed by atoms with van der Waals surface area (Å²) in [6.07, 6.45) is 0.894. The zero-order valence-corrected chi connectivity index (χ0v) is 15.8. The van der Waals surface area contributed by atoms with Crippen LogP contribution in [0.15, 0.2) is 47.0 Å². The van der Waals surface area contributed by atoms with Crippen LogP contribution < -0.4 is 20.3 Å². The predicted molar refractivity (Wildman–Crippen MR) is 108 cm³/mol. The number of anilines is 1. The number of fused-ring (bicyclic) bond motifs is 1. The topological polar surface area (TPSA) is 157 Å². The Morgan fingerprint density at radius 3 is 2.67 bits per heavy atom. The second-order valence-corrected chi connectivity index (χ2v) is 5.96. The smallest absolute Gasteiger partial charge is 0.290 e. The number of nitrogens with one attached hydrogen (secondary N) is 2. The number of ether oxygens (including phenoxy) is 2. The SMILES string of the molecule is COc1ccc(NC(=O)/C(O)=C/c2nc3ccc([N+](=O)[O-])cc3[nH]c2=O)c(OC)c1. The van der Waals surface area contributed by atoms with Crippen LogP contribution in [0.2, 0.25) is 0 Å². The van der Waals surface area contributed by atoms with Crippen molar-refractivity contribution >= 4 is 34.4 Å². The van der Waals surface area contributed by atoms with Crippen LogP contribution in [-0.4, -0.2) is 40.1 Å². The third-order valence-electron chi connectivity index (χ3n) is 4.08. The first-order chi connectivity index (χ1) is 14.3. The summed E-state index contributed by atoms with van der Waals surface area (Å²) in [6.45, 7) is 0. The van der Waals surface area contributed by atoms with Gasteiger partial charge >= 0.3 is 0 Å². The number of hydrogen-bond donors (Lipinski definition) is 3. The van der Waals surface area contributed by atoms with E-state index in [2.05, 4.69) is 15.3 Å². The standard InChI is InChI=1S/C19H16N4O7/c1-29-11-4-6-13(17(8-11)30-2)21-19(26)16(24)9-15-18(25)22-14-7-10(23(27)28)3-5-12(14)20-15/h3-9,24H,1-2H3,(H,21,26)(H,22,25)/b16-9-. The number of aromatic amines is 1. The Kier molecular flexibility index (Phi) is 5.63. The Hall–Kier alpha value is -4.41. The first kappa shape index (κ1) is 20.3. The number of rotatable bonds is 6. The molecule has 0 aliphatic heterocycles. The van der Waals surface area contributed by atoms with Gasteiger partial charge in [-0.15, -0.1) is 0 Å². The molecule has 0 saturated carbocycles. The maximum absolute atomic E-state index is 12.3. The van der Waals surface area contributed by atoms with Crippen LogP contribution in [0.5, 0.6) is 11.5 Å². The second kappa shape index (κ2) is 8.31. The molecule has 3 rings (SSSR count). The number of hydrogen-bond acceptors (Lipinski definition) is 8. The summed E-state index contributed by atoms with van der Waals surface area (Å²) in [5.41, 5.74) is -0.514. The number of nitro groups is 1. The predicted octanol–water partition coefficient (Wildman–Crippen LogP) is 2.39. The van der Waals surface area contributed by atoms with Gasteiger partial charge in [-0.1, -0.05) is 0 Å². The van der Waals surface area contributed by atoms with Gasteiger partial charge in [-0.25, -0.2) is 4.98 Å². The quantitative estimate of drug-likeness (QED) is 0.241. The van der Waals surface area contributed by atoms with Crippen molar-refractivity contribution in [3.63, 3.8) is 0 Å². The molecule has 0 atom stereocenters. The number of aromatic nitrogens is 2. The van der Waals surface area contributed by atoms with E-state index in [-0.39, 0.29) is 28.1 Å². The summed E-state index contributed by atoms with van der Waals surface area (Å²) in [6, 6.07) is 8.40. The maximum atomic E-state index is 12.3. The summed E-state index contributed by atoms with van der Waals surface area (Å²) in [7, 11) is 2.89. The summed E-state index contributed by atoms with van der Waals surface area (Å²) in [5, 5.41) is 23.4. The minimum atomic E-state index is -0.900. The molecule has 3 N–H and O–H groups in total. The lowest BCUT2D eigenvalue weighted by atomic mass is 10.2. The van der Waals surface area contributed by atoms with E-state index < -0.39 is 22.1 Å². The molecule has 0 unspecified atom stereocenters. The lowest BCUT2D eigenvalue weighted by Gasteiger charge is -2.11. The number of nitro benzene ring substituents is 1. The van der Waals surface area contributed by atoms with Crippen molar-refractivity contribution in [3.8, 4) is 11.5 Å². The Labute approximate surface area is 168 Å². The number of carbonyl (C=O) groups excluding carboxylic acids is 1. The fourth-order valence-corrected chi connectivity index (χ4v) is 2.58. The molecule has 3 aromatic rings. The van der Waals surface area contributed by atoms with E-state index >= 15 is 0 Å². The molecule has 0 fully saturated rings. The molecule has 1 heterocycles. The second-order valence-electron chi connectivity index (χ2n) is 5.96. The Bertz CT molecular complexity index is 1230. The fourth-order valence-electron chi connectivity index (χ4n) is 2.58. The number of aliphatic hydroxyl groups is 1. The van der Waals surface area contributed by atoms with Crippen molar-refractivity contribution in [1.82, 2.24) is 9.97 Å². The highest BCUT2D eigenvalue weighted by molar-refractivity contribution is 6.05. The van der Waals surface area contributed by atoms with Crippen molar-refractivity contribution < 1.29 is 24.3 Å². The van der Waals surface area contributed by atoms with E-state index in [1.807, 2.05) is 0 Å². The van der Waals surface area contributed by atoms with Crippen molar-refractivity contribution in [2.75, 3.05) is 19.5 Å². The van der Waals surface area contributed by atoms with Gasteiger partial charge in [0.15, 0.2) is 5.76 Å². The van der Waals surface area contributed by atoms with Gasteiger partial charge in [0, 0.05) is 24.3 Å². The summed E-state index contributed by atoms with van der Waals surface area (Å²) in [4.78, 5) is 41.2. The molecule has 11 nitrogen and oxygen atoms in total. The molecule has 0 aliphatic rings. The zero-order chi connectivity index (χ0) is 21.8. The van der Waals surface area contributed by atoms with Crippen molar-refractivity contribution in [1.29, 1.82) is 0 Å². The minimum absolute atomic E-state index is 0.151. The van der Waals surface area contributed by atoms with Gasteiger partial charge in [0.1, 0.15) is 17.2 Å². The van der Waals surface area contributed by atoms with E-state index in [1.165, 1.54) is 38.5 Å². The van der Waals surface area contributed by atoms with Crippen LogP contribution in [0.1, 0.15) is 5.69 Å². The van der Waals surface area contributed by atoms with Crippen LogP contribution in [-0.2, 0) is 4.79 Å². The van der Waals surface area contributed by atoms with Crippen LogP contribution in [0.4, 0.5) is 11.4 Å². The largest absolute Gasteiger partial charge is 0.503 e. The van der Waals surface area contributed by atoms with E-state index in [9.17, 15) is 24.8 Å². The molecule has 30 heavy (non-hydrogen) atoms. The molecule has 0 spiro atoms. The average Bonchev–Trinajstić information content (AvgIpc) is 2.73. The van der Waals surface area contributed by atoms with Crippen LogP contribution in [0.25, 0.3) is 17.1 Å². The maximum Gasteiger partial charge on any atom is 0.290 e. The van der Waals surface area contributed by atoms with E-state index in [0.717, 1.165) is 6.08 Å². The Morgan fingerprint density at radius 2 is 2.00 bits per heavy atom. The molecule has 1 amide bonds. The fraction of sp³-hybridized carbons (Fsp3) is 0.105. The highest BCUT2D eigenvalue weighted by Crippen LogP contribution is 2.29. The van der Waals surface area contributed by atoms with Crippen molar-refractivity contribution in [2.45, 2.75) is 0 Å². The normalized spacial score (nSPS) is 11.2. The van der Waals surface area contributed by atoms with Crippen LogP contribution in [0, 0.1) is 10.1 Å². The van der Waals surface area contributed by atoms with E-state index in [1.54, 1.807) is 12.1 Å². The Morgan fingerprint density at radius 1 is 1.23 bits per heavy atom. The highest BCUT2D eigenvalue weighted by atomic mass is 16.6. The molecule has 1 aromatic heterocycles. The number of methoxy groups -OCH3 is 2. The molecule has 0 aliphatic carbocycles. The number of benzene rings is 2. The molecule has 2 aromatic carbocycles. The minimum Gasteiger partial charge on any atom is -0.503 e. The number of carbonyl (C=O) groups is 1. The van der Waals surface area contributed by atoms with Crippen molar-refractivity contribution in [2.24, 2.45) is 0 Å². The lowest BCUT2D eigenvalue weighted by molar-refractivity contribution is -0.384. The summed E-state index contributed by atoms with van der Waals surface area (Å²) >= 11 is 0. The number of nitrogens with zero attached hydrogens (tertiary/aromatic N) is 2. The van der Waals surface area contributed by atoms with Gasteiger partial charge in [0.25, 0.3) is 17.2 Å². The summed E-state index contributed by atoms with van der Waals surface area (Å²) in [5.74, 6) is -0.855. The van der Waals surface area contributed by atoms with Gasteiger partial charge in [-0.2, -0.15) is 0 Å². The first-order valence-corrected chi connectivity index (χ1v) is 8.45. The van der Waals surface area contributed by atoms with Gasteiger partial charge in [-0.05, 0) is 18.2 Å². The lowest BCUT2D eigenvalue weighted by Crippen LogP contribution is -2.17. The van der Waals surface area contributed by atoms with Gasteiger partial charge in [-0.3, -0.25) is 19.7 Å². The van der Waals surface area contributed by atoms with Gasteiger partial charge in [0.05, 0.1) is 35.9 Å². The monoisotopic (exact) mass is 412 g/mol. The number of non-ortho nitro benzene ring substituents is 1. The highest BCUT2D eigenvalue weighted by Gasteiger charge is 2.15. The van der Waals surface area contributed by atoms with E-state index in [4.69, 9.17) is 9.47 Å². The van der Waals surface area contributed by atoms with Gasteiger partial charge < -0.3 is 24.9 Å². The summed E-state index contributed by atoms with van der Waals surface area (Å²) < 4.78 is 10.2. The molecular formula is C19H16N4O7. The number of aliphatic hydroxyl groups excluding tert-OH is 1. The third kappa shape index (κ3) is 4.19. The Balaban J connectivity index is 1.89. The molecule has 0 saturated heterocycles. The van der Waals surface area contributed by atoms with Crippen molar-refractivity contribution in [3.05, 3.63) is 68.3 Å². The van der Waals surface area contributed by atoms with Crippen LogP contribution >= 0.6 is 0 Å². The molecule has 154 valence electrons. The van der Waals surface area contributed by atoms with Crippen LogP contribution in [0.3, 0.4) is 0 Å². The number of amides is 1. The number of H-pyrrole nitrogens is 1. The first-order valence-electron chi connectivity index (χ1n) is 8.45. The third-order valence-corrected chi connectivity index (χ3v) is 4.08. The average molecular weight is 412 g/mol. The molecule has 11 heteroatoms. The zero-order valence-electron chi connectivity index (χ0n) is 15.8. The molecular weight excluding hydrogens is 396 g/mol. The van der Waals surface area contributed by atoms with E-state index in [0.29, 0.717) is 11.5 Å².